The average molecular weight is 501 g/mol. The van der Waals surface area contributed by atoms with Crippen LogP contribution in [-0.2, 0) is 23.7 Å². The monoisotopic (exact) mass is 500 g/mol. The van der Waals surface area contributed by atoms with Crippen molar-refractivity contribution in [2.75, 3.05) is 0 Å². The van der Waals surface area contributed by atoms with Crippen LogP contribution in [0.1, 0.15) is 11.1 Å². The molecule has 0 fully saturated rings. The second-order valence-electron chi connectivity index (χ2n) is 6.29. The van der Waals surface area contributed by atoms with Crippen LogP contribution in [0, 0.1) is 0 Å². The molecule has 3 aromatic rings. The minimum atomic E-state index is -0.0828. The molecule has 1 aliphatic carbocycles. The molecule has 3 aromatic carbocycles. The number of allylic oxidation sites excluding steroid dienone is 7. The molecule has 0 unspecified atom stereocenters. The fraction of sp³-hybridized carbons (Fsp3) is 0.0385. The van der Waals surface area contributed by atoms with Crippen molar-refractivity contribution in [3.8, 4) is 5.75 Å². The fourth-order valence-electron chi connectivity index (χ4n) is 2.64. The molecule has 0 aromatic heterocycles. The maximum atomic E-state index is 12.5. The zero-order chi connectivity index (χ0) is 20.3. The number of ether oxygens (including phenoxy) is 1. The van der Waals surface area contributed by atoms with Gasteiger partial charge >= 0.3 is 17.1 Å². The van der Waals surface area contributed by atoms with Gasteiger partial charge in [0.1, 0.15) is 12.4 Å². The Morgan fingerprint density at radius 1 is 0.967 bits per heavy atom. The van der Waals surface area contributed by atoms with Crippen molar-refractivity contribution in [1.29, 1.82) is 0 Å². The maximum absolute atomic E-state index is 12.5. The number of hydrogen-bond acceptors (Lipinski definition) is 2. The molecule has 0 bridgehead atoms. The molecular weight excluding hydrogens is 480 g/mol. The average Bonchev–Trinajstić information content (AvgIpc) is 3.48. The maximum Gasteiger partial charge on any atom is 2.00 e. The van der Waals surface area contributed by atoms with E-state index in [-0.39, 0.29) is 22.8 Å². The van der Waals surface area contributed by atoms with Crippen LogP contribution in [-0.4, -0.2) is 0 Å². The Kier molecular flexibility index (Phi) is 10.1. The Morgan fingerprint density at radius 2 is 1.67 bits per heavy atom. The molecule has 0 amide bonds. The largest absolute Gasteiger partial charge is 2.00 e. The topological polar surface area (TPSA) is 32.3 Å². The summed E-state index contributed by atoms with van der Waals surface area (Å²) >= 11 is 3.42. The molecule has 0 atom stereocenters. The van der Waals surface area contributed by atoms with Gasteiger partial charge < -0.3 is 9.84 Å². The molecule has 0 N–H and O–H groups in total. The molecule has 30 heavy (non-hydrogen) atoms. The third-order valence-electron chi connectivity index (χ3n) is 4.12. The Labute approximate surface area is 196 Å². The number of hydrogen-bond donors (Lipinski definition) is 0. The van der Waals surface area contributed by atoms with Gasteiger partial charge in [0.25, 0.3) is 0 Å². The van der Waals surface area contributed by atoms with Crippen LogP contribution in [0.3, 0.4) is 0 Å². The summed E-state index contributed by atoms with van der Waals surface area (Å²) < 4.78 is 6.71. The third kappa shape index (κ3) is 7.64. The number of benzene rings is 2. The van der Waals surface area contributed by atoms with E-state index in [0.29, 0.717) is 17.9 Å². The van der Waals surface area contributed by atoms with Crippen LogP contribution in [0.5, 0.6) is 5.75 Å². The second kappa shape index (κ2) is 12.8. The molecule has 4 heteroatoms. The van der Waals surface area contributed by atoms with E-state index in [1.807, 2.05) is 103 Å². The summed E-state index contributed by atoms with van der Waals surface area (Å²) in [4.78, 5) is 0. The summed E-state index contributed by atoms with van der Waals surface area (Å²) in [7, 11) is 0. The summed E-state index contributed by atoms with van der Waals surface area (Å²) in [6.45, 7) is 0.426. The third-order valence-corrected chi connectivity index (χ3v) is 4.61. The van der Waals surface area contributed by atoms with E-state index in [4.69, 9.17) is 4.74 Å². The van der Waals surface area contributed by atoms with Gasteiger partial charge in [-0.05, 0) is 29.3 Å². The Bertz CT molecular complexity index is 985. The van der Waals surface area contributed by atoms with Crippen LogP contribution < -0.4 is 9.84 Å². The first-order valence-corrected chi connectivity index (χ1v) is 10.1. The minimum absolute atomic E-state index is 0. The molecule has 2 nitrogen and oxygen atoms in total. The van der Waals surface area contributed by atoms with Gasteiger partial charge in [-0.15, -0.1) is 0 Å². The van der Waals surface area contributed by atoms with Crippen molar-refractivity contribution in [3.05, 3.63) is 136 Å². The van der Waals surface area contributed by atoms with Crippen molar-refractivity contribution < 1.29 is 26.9 Å². The minimum Gasteiger partial charge on any atom is -0.872 e. The second-order valence-corrected chi connectivity index (χ2v) is 7.21. The summed E-state index contributed by atoms with van der Waals surface area (Å²) in [6, 6.07) is 25.4. The van der Waals surface area contributed by atoms with Crippen molar-refractivity contribution in [3.63, 3.8) is 0 Å². The molecule has 0 aliphatic heterocycles. The zero-order valence-corrected chi connectivity index (χ0v) is 18.9. The summed E-state index contributed by atoms with van der Waals surface area (Å²) in [5.74, 6) is 0.500. The molecule has 152 valence electrons. The summed E-state index contributed by atoms with van der Waals surface area (Å²) in [6.07, 6.45) is 11.2. The SMILES string of the molecule is [Fe+2].[O-]/C(=C\C=C1C=CC=C1)c1cc(Br)ccc1OCc1ccccc1.c1cc[cH-]c1. The molecule has 0 heterocycles. The van der Waals surface area contributed by atoms with E-state index in [1.165, 1.54) is 0 Å². The van der Waals surface area contributed by atoms with Crippen LogP contribution in [0.25, 0.3) is 5.76 Å². The van der Waals surface area contributed by atoms with Gasteiger partial charge in [-0.25, -0.2) is 12.1 Å². The fourth-order valence-corrected chi connectivity index (χ4v) is 3.00. The first-order valence-electron chi connectivity index (χ1n) is 9.29. The van der Waals surface area contributed by atoms with Gasteiger partial charge in [0.05, 0.1) is 0 Å². The molecule has 0 radical (unpaired) electrons. The van der Waals surface area contributed by atoms with E-state index in [9.17, 15) is 5.11 Å². The van der Waals surface area contributed by atoms with Crippen LogP contribution >= 0.6 is 15.9 Å². The van der Waals surface area contributed by atoms with E-state index >= 15 is 0 Å². The Balaban J connectivity index is 0.000000468. The normalized spacial score (nSPS) is 12.0. The Morgan fingerprint density at radius 3 is 2.30 bits per heavy atom. The zero-order valence-electron chi connectivity index (χ0n) is 16.2. The number of rotatable bonds is 5. The van der Waals surface area contributed by atoms with Gasteiger partial charge in [0.15, 0.2) is 0 Å². The van der Waals surface area contributed by atoms with Crippen molar-refractivity contribution in [2.45, 2.75) is 6.61 Å². The van der Waals surface area contributed by atoms with E-state index in [0.717, 1.165) is 15.6 Å². The first-order chi connectivity index (χ1) is 14.2. The molecule has 0 spiro atoms. The summed E-state index contributed by atoms with van der Waals surface area (Å²) in [5.41, 5.74) is 2.61. The first kappa shape index (κ1) is 23.6. The van der Waals surface area contributed by atoms with E-state index < -0.39 is 0 Å². The molecule has 0 saturated carbocycles. The predicted molar refractivity (Wildman–Crippen MR) is 121 cm³/mol. The quantitative estimate of drug-likeness (QED) is 0.238. The van der Waals surface area contributed by atoms with E-state index in [1.54, 1.807) is 12.1 Å². The van der Waals surface area contributed by atoms with E-state index in [2.05, 4.69) is 15.9 Å². The predicted octanol–water partition coefficient (Wildman–Crippen LogP) is 6.18. The molecular formula is C26H21BrFeO2. The van der Waals surface area contributed by atoms with Crippen molar-refractivity contribution in [1.82, 2.24) is 0 Å². The van der Waals surface area contributed by atoms with Crippen molar-refractivity contribution >= 4 is 21.7 Å². The van der Waals surface area contributed by atoms with Crippen molar-refractivity contribution in [2.24, 2.45) is 0 Å². The van der Waals surface area contributed by atoms with Crippen LogP contribution in [0.15, 0.2) is 125 Å². The van der Waals surface area contributed by atoms with Gasteiger partial charge in [-0.1, -0.05) is 88.5 Å². The van der Waals surface area contributed by atoms with Gasteiger partial charge in [-0.3, -0.25) is 0 Å². The van der Waals surface area contributed by atoms with Gasteiger partial charge in [-0.2, -0.15) is 18.2 Å². The number of halogens is 1. The Hall–Kier alpha value is -2.65. The molecule has 4 rings (SSSR count). The van der Waals surface area contributed by atoms with Gasteiger partial charge in [0, 0.05) is 10.0 Å². The smallest absolute Gasteiger partial charge is 0.872 e. The van der Waals surface area contributed by atoms with Crippen LogP contribution in [0.2, 0.25) is 0 Å². The molecule has 0 saturated heterocycles. The van der Waals surface area contributed by atoms with Gasteiger partial charge in [0.2, 0.25) is 0 Å². The summed E-state index contributed by atoms with van der Waals surface area (Å²) in [5, 5.41) is 12.5. The molecule has 1 aliphatic rings. The van der Waals surface area contributed by atoms with Crippen LogP contribution in [0.4, 0.5) is 0 Å². The standard InChI is InChI=1S/C21H17BrO2.C5H5.Fe/c22-18-11-13-21(24-15-17-8-2-1-3-9-17)19(14-18)20(23)12-10-16-6-4-5-7-16;1-2-4-5-3-1;/h1-14,23H,15H2;1-5H;/q;-1;+2/p-1/b20-12-;;.